The largest absolute Gasteiger partial charge is 0.494 e. The van der Waals surface area contributed by atoms with Gasteiger partial charge in [-0.25, -0.2) is 9.37 Å². The lowest BCUT2D eigenvalue weighted by molar-refractivity contribution is -0.141. The summed E-state index contributed by atoms with van der Waals surface area (Å²) >= 11 is 0. The van der Waals surface area contributed by atoms with Crippen LogP contribution < -0.4 is 4.74 Å². The second-order valence-corrected chi connectivity index (χ2v) is 9.94. The lowest BCUT2D eigenvalue weighted by atomic mass is 9.82. The summed E-state index contributed by atoms with van der Waals surface area (Å²) in [6.45, 7) is 4.63. The number of fused-ring (bicyclic) bond motifs is 2. The Morgan fingerprint density at radius 3 is 2.77 bits per heavy atom. The standard InChI is InChI=1S/C26H29FN4O4/c1-26(2,13-34-3)23-21(14-5-6-15(9-14)25(32)33)22-19(10-16-12-28-30-24(16)29-22)31(23)17-7-8-18(27)20(11-17)35-4/h7-8,10-12,14-15H,5-6,9,13H2,1-4H3,(H,32,33)(H,28,29,30). The first-order valence-electron chi connectivity index (χ1n) is 11.7. The maximum atomic E-state index is 14.4. The first-order chi connectivity index (χ1) is 16.7. The molecule has 0 amide bonds. The van der Waals surface area contributed by atoms with Crippen LogP contribution in [0.15, 0.2) is 30.5 Å². The van der Waals surface area contributed by atoms with Crippen LogP contribution in [0.3, 0.4) is 0 Å². The number of halogens is 1. The van der Waals surface area contributed by atoms with Crippen molar-refractivity contribution in [1.82, 2.24) is 19.7 Å². The topological polar surface area (TPSA) is 102 Å². The van der Waals surface area contributed by atoms with Crippen LogP contribution in [0.2, 0.25) is 0 Å². The van der Waals surface area contributed by atoms with E-state index < -0.39 is 23.1 Å². The average molecular weight is 481 g/mol. The van der Waals surface area contributed by atoms with Gasteiger partial charge >= 0.3 is 5.97 Å². The number of nitrogens with one attached hydrogen (secondary N) is 1. The Kier molecular flexibility index (Phi) is 5.75. The van der Waals surface area contributed by atoms with Crippen molar-refractivity contribution in [2.75, 3.05) is 20.8 Å². The van der Waals surface area contributed by atoms with Crippen LogP contribution >= 0.6 is 0 Å². The molecule has 1 aliphatic carbocycles. The summed E-state index contributed by atoms with van der Waals surface area (Å²) in [4.78, 5) is 16.8. The van der Waals surface area contributed by atoms with Crippen molar-refractivity contribution in [3.63, 3.8) is 0 Å². The second-order valence-electron chi connectivity index (χ2n) is 9.94. The quantitative estimate of drug-likeness (QED) is 0.388. The van der Waals surface area contributed by atoms with E-state index in [2.05, 4.69) is 28.6 Å². The van der Waals surface area contributed by atoms with Gasteiger partial charge in [0.15, 0.2) is 17.2 Å². The van der Waals surface area contributed by atoms with E-state index in [1.807, 2.05) is 6.07 Å². The zero-order valence-electron chi connectivity index (χ0n) is 20.3. The predicted octanol–water partition coefficient (Wildman–Crippen LogP) is 4.94. The van der Waals surface area contributed by atoms with Gasteiger partial charge in [-0.05, 0) is 43.4 Å². The molecule has 0 saturated heterocycles. The molecule has 4 aromatic rings. The number of methoxy groups -OCH3 is 2. The number of ether oxygens (including phenoxy) is 2. The molecule has 35 heavy (non-hydrogen) atoms. The van der Waals surface area contributed by atoms with E-state index in [1.165, 1.54) is 13.2 Å². The summed E-state index contributed by atoms with van der Waals surface area (Å²) in [5, 5.41) is 17.6. The van der Waals surface area contributed by atoms with Crippen LogP contribution in [0.5, 0.6) is 5.75 Å². The van der Waals surface area contributed by atoms with Crippen molar-refractivity contribution in [1.29, 1.82) is 0 Å². The third kappa shape index (κ3) is 3.83. The highest BCUT2D eigenvalue weighted by atomic mass is 19.1. The summed E-state index contributed by atoms with van der Waals surface area (Å²) in [7, 11) is 3.11. The molecule has 2 N–H and O–H groups in total. The van der Waals surface area contributed by atoms with Gasteiger partial charge in [0.25, 0.3) is 0 Å². The van der Waals surface area contributed by atoms with Gasteiger partial charge in [0.05, 0.1) is 36.9 Å². The maximum Gasteiger partial charge on any atom is 0.306 e. The number of H-pyrrole nitrogens is 1. The smallest absolute Gasteiger partial charge is 0.306 e. The fourth-order valence-electron chi connectivity index (χ4n) is 5.60. The van der Waals surface area contributed by atoms with E-state index >= 15 is 0 Å². The molecular formula is C26H29FN4O4. The maximum absolute atomic E-state index is 14.4. The van der Waals surface area contributed by atoms with Crippen molar-refractivity contribution in [2.24, 2.45) is 5.92 Å². The lowest BCUT2D eigenvalue weighted by Gasteiger charge is -2.29. The van der Waals surface area contributed by atoms with Crippen LogP contribution in [0.25, 0.3) is 27.8 Å². The van der Waals surface area contributed by atoms with Crippen LogP contribution in [0, 0.1) is 11.7 Å². The highest BCUT2D eigenvalue weighted by molar-refractivity contribution is 5.94. The van der Waals surface area contributed by atoms with Gasteiger partial charge in [0, 0.05) is 40.9 Å². The lowest BCUT2D eigenvalue weighted by Crippen LogP contribution is -2.28. The number of nitrogens with zero attached hydrogens (tertiary/aromatic N) is 3. The van der Waals surface area contributed by atoms with E-state index in [0.717, 1.165) is 39.8 Å². The molecule has 0 bridgehead atoms. The fourth-order valence-corrected chi connectivity index (χ4v) is 5.60. The molecule has 8 nitrogen and oxygen atoms in total. The molecule has 2 atom stereocenters. The molecule has 9 heteroatoms. The second kappa shape index (κ2) is 8.64. The highest BCUT2D eigenvalue weighted by Crippen LogP contribution is 2.47. The third-order valence-corrected chi connectivity index (χ3v) is 7.11. The van der Waals surface area contributed by atoms with Crippen molar-refractivity contribution < 1.29 is 23.8 Å². The molecule has 1 saturated carbocycles. The van der Waals surface area contributed by atoms with Crippen LogP contribution in [0.1, 0.15) is 50.3 Å². The average Bonchev–Trinajstić information content (AvgIpc) is 3.54. The minimum absolute atomic E-state index is 0.0150. The van der Waals surface area contributed by atoms with E-state index in [4.69, 9.17) is 14.5 Å². The Bertz CT molecular complexity index is 1420. The molecule has 3 heterocycles. The van der Waals surface area contributed by atoms with Crippen molar-refractivity contribution >= 4 is 28.0 Å². The molecule has 1 aromatic carbocycles. The number of carboxylic acids is 1. The number of pyridine rings is 1. The Labute approximate surface area is 202 Å². The predicted molar refractivity (Wildman–Crippen MR) is 130 cm³/mol. The number of aromatic nitrogens is 4. The monoisotopic (exact) mass is 480 g/mol. The molecular weight excluding hydrogens is 451 g/mol. The van der Waals surface area contributed by atoms with Gasteiger partial charge in [-0.15, -0.1) is 0 Å². The van der Waals surface area contributed by atoms with E-state index in [9.17, 15) is 14.3 Å². The summed E-state index contributed by atoms with van der Waals surface area (Å²) in [6, 6.07) is 6.82. The molecule has 0 spiro atoms. The van der Waals surface area contributed by atoms with Gasteiger partial charge < -0.3 is 19.1 Å². The van der Waals surface area contributed by atoms with Crippen LogP contribution in [0.4, 0.5) is 4.39 Å². The van der Waals surface area contributed by atoms with Crippen LogP contribution in [-0.2, 0) is 14.9 Å². The van der Waals surface area contributed by atoms with E-state index in [0.29, 0.717) is 25.1 Å². The van der Waals surface area contributed by atoms with Gasteiger partial charge in [-0.2, -0.15) is 5.10 Å². The van der Waals surface area contributed by atoms with E-state index in [1.54, 1.807) is 25.4 Å². The molecule has 0 radical (unpaired) electrons. The Hall–Kier alpha value is -3.46. The zero-order chi connectivity index (χ0) is 24.9. The Morgan fingerprint density at radius 2 is 2.09 bits per heavy atom. The minimum Gasteiger partial charge on any atom is -0.494 e. The number of carbonyl (C=O) groups is 1. The normalized spacial score (nSPS) is 18.5. The SMILES string of the molecule is COCC(C)(C)c1c(C2CCC(C(=O)O)C2)c2nc3[nH]ncc3cc2n1-c1ccc(F)c(OC)c1. The van der Waals surface area contributed by atoms with Gasteiger partial charge in [0.1, 0.15) is 0 Å². The summed E-state index contributed by atoms with van der Waals surface area (Å²) in [5.74, 6) is -1.44. The Balaban J connectivity index is 1.87. The number of carboxylic acid groups (broad SMARTS) is 1. The number of rotatable bonds is 7. The third-order valence-electron chi connectivity index (χ3n) is 7.11. The van der Waals surface area contributed by atoms with Crippen molar-refractivity contribution in [2.45, 2.75) is 44.4 Å². The molecule has 3 aromatic heterocycles. The number of hydrogen-bond donors (Lipinski definition) is 2. The van der Waals surface area contributed by atoms with Gasteiger partial charge in [0.2, 0.25) is 0 Å². The van der Waals surface area contributed by atoms with Gasteiger partial charge in [-0.1, -0.05) is 13.8 Å². The van der Waals surface area contributed by atoms with E-state index in [-0.39, 0.29) is 11.7 Å². The first kappa shape index (κ1) is 23.3. The Morgan fingerprint density at radius 1 is 1.29 bits per heavy atom. The van der Waals surface area contributed by atoms with Crippen LogP contribution in [-0.4, -0.2) is 51.7 Å². The fraction of sp³-hybridized carbons (Fsp3) is 0.423. The van der Waals surface area contributed by atoms with Crippen molar-refractivity contribution in [3.8, 4) is 11.4 Å². The molecule has 1 fully saturated rings. The minimum atomic E-state index is -0.763. The van der Waals surface area contributed by atoms with Crippen molar-refractivity contribution in [3.05, 3.63) is 47.5 Å². The number of aromatic amines is 1. The molecule has 184 valence electrons. The summed E-state index contributed by atoms with van der Waals surface area (Å²) in [6.07, 6.45) is 3.63. The van der Waals surface area contributed by atoms with Gasteiger partial charge in [-0.3, -0.25) is 9.89 Å². The number of benzene rings is 1. The number of hydrogen-bond acceptors (Lipinski definition) is 5. The summed E-state index contributed by atoms with van der Waals surface area (Å²) in [5.41, 5.74) is 4.57. The number of aliphatic carboxylic acids is 1. The summed E-state index contributed by atoms with van der Waals surface area (Å²) < 4.78 is 27.4. The molecule has 2 unspecified atom stereocenters. The highest BCUT2D eigenvalue weighted by Gasteiger charge is 2.39. The zero-order valence-corrected chi connectivity index (χ0v) is 20.3. The molecule has 1 aliphatic rings. The first-order valence-corrected chi connectivity index (χ1v) is 11.7. The molecule has 5 rings (SSSR count). The molecule has 0 aliphatic heterocycles.